The number of fused-ring (bicyclic) bond motifs is 1. The first-order valence-corrected chi connectivity index (χ1v) is 8.20. The summed E-state index contributed by atoms with van der Waals surface area (Å²) in [6, 6.07) is 12.0. The molecular weight excluding hydrogens is 390 g/mol. The first-order chi connectivity index (χ1) is 13.3. The molecule has 0 unspecified atom stereocenters. The van der Waals surface area contributed by atoms with E-state index in [2.05, 4.69) is 5.32 Å². The van der Waals surface area contributed by atoms with Crippen molar-refractivity contribution in [3.63, 3.8) is 0 Å². The largest absolute Gasteiger partial charge is 0.485 e. The van der Waals surface area contributed by atoms with Crippen LogP contribution in [0.2, 0.25) is 5.02 Å². The Bertz CT molecular complexity index is 1100. The number of nitrogens with zero attached hydrogens (tertiary/aromatic N) is 2. The van der Waals surface area contributed by atoms with Crippen molar-refractivity contribution in [3.05, 3.63) is 79.3 Å². The van der Waals surface area contributed by atoms with E-state index in [9.17, 15) is 25.0 Å². The van der Waals surface area contributed by atoms with Gasteiger partial charge in [0.2, 0.25) is 0 Å². The molecule has 1 amide bonds. The minimum atomic E-state index is -0.820. The van der Waals surface area contributed by atoms with Gasteiger partial charge >= 0.3 is 11.4 Å². The summed E-state index contributed by atoms with van der Waals surface area (Å²) in [5.74, 6) is -1.09. The fourth-order valence-electron chi connectivity index (χ4n) is 2.82. The summed E-state index contributed by atoms with van der Waals surface area (Å²) in [4.78, 5) is 33.6. The zero-order valence-corrected chi connectivity index (χ0v) is 15.1. The number of methoxy groups -OCH3 is 1. The van der Waals surface area contributed by atoms with Gasteiger partial charge in [-0.3, -0.25) is 25.0 Å². The fraction of sp³-hybridized carbons (Fsp3) is 0.0556. The van der Waals surface area contributed by atoms with Crippen molar-refractivity contribution in [1.82, 2.24) is 0 Å². The van der Waals surface area contributed by atoms with Crippen LogP contribution in [0.3, 0.4) is 0 Å². The summed E-state index contributed by atoms with van der Waals surface area (Å²) in [5.41, 5.74) is -1.11. The van der Waals surface area contributed by atoms with Crippen LogP contribution >= 0.6 is 11.6 Å². The molecule has 0 aliphatic heterocycles. The van der Waals surface area contributed by atoms with Gasteiger partial charge in [-0.1, -0.05) is 35.9 Å². The molecule has 0 atom stereocenters. The number of benzene rings is 3. The van der Waals surface area contributed by atoms with E-state index in [-0.39, 0.29) is 11.3 Å². The van der Waals surface area contributed by atoms with Crippen LogP contribution in [0.15, 0.2) is 48.5 Å². The minimum absolute atomic E-state index is 0.108. The van der Waals surface area contributed by atoms with Gasteiger partial charge < -0.3 is 10.1 Å². The average Bonchev–Trinajstić information content (AvgIpc) is 2.67. The molecule has 142 valence electrons. The van der Waals surface area contributed by atoms with Gasteiger partial charge in [-0.2, -0.15) is 0 Å². The Morgan fingerprint density at radius 1 is 1.00 bits per heavy atom. The number of nitro groups is 2. The summed E-state index contributed by atoms with van der Waals surface area (Å²) < 4.78 is 4.80. The number of hydrogen-bond donors (Lipinski definition) is 1. The number of hydrogen-bond acceptors (Lipinski definition) is 6. The third kappa shape index (κ3) is 3.42. The first kappa shape index (κ1) is 19.1. The Morgan fingerprint density at radius 3 is 2.14 bits per heavy atom. The Morgan fingerprint density at radius 2 is 1.57 bits per heavy atom. The predicted octanol–water partition coefficient (Wildman–Crippen LogP) is 4.57. The lowest BCUT2D eigenvalue weighted by Gasteiger charge is -2.10. The van der Waals surface area contributed by atoms with Crippen molar-refractivity contribution >= 4 is 45.3 Å². The van der Waals surface area contributed by atoms with Crippen LogP contribution in [-0.4, -0.2) is 22.9 Å². The monoisotopic (exact) mass is 401 g/mol. The van der Waals surface area contributed by atoms with Gasteiger partial charge in [0, 0.05) is 28.1 Å². The van der Waals surface area contributed by atoms with E-state index in [0.717, 1.165) is 19.2 Å². The van der Waals surface area contributed by atoms with E-state index in [4.69, 9.17) is 16.3 Å². The van der Waals surface area contributed by atoms with Gasteiger partial charge in [0.1, 0.15) is 0 Å². The van der Waals surface area contributed by atoms with E-state index in [0.29, 0.717) is 15.8 Å². The lowest BCUT2D eigenvalue weighted by Crippen LogP contribution is -2.13. The fourth-order valence-corrected chi connectivity index (χ4v) is 3.06. The topological polar surface area (TPSA) is 125 Å². The van der Waals surface area contributed by atoms with Gasteiger partial charge in [-0.25, -0.2) is 0 Å². The molecule has 1 N–H and O–H groups in total. The lowest BCUT2D eigenvalue weighted by atomic mass is 10.0. The normalized spacial score (nSPS) is 10.5. The van der Waals surface area contributed by atoms with Gasteiger partial charge in [0.25, 0.3) is 11.7 Å². The Hall–Kier alpha value is -3.72. The summed E-state index contributed by atoms with van der Waals surface area (Å²) in [7, 11) is 1.09. The maximum absolute atomic E-state index is 12.7. The van der Waals surface area contributed by atoms with Gasteiger partial charge in [0.15, 0.2) is 0 Å². The third-order valence-corrected chi connectivity index (χ3v) is 4.35. The van der Waals surface area contributed by atoms with E-state index < -0.39 is 32.9 Å². The highest BCUT2D eigenvalue weighted by molar-refractivity contribution is 6.36. The van der Waals surface area contributed by atoms with Crippen LogP contribution in [0.4, 0.5) is 17.1 Å². The van der Waals surface area contributed by atoms with Crippen molar-refractivity contribution in [1.29, 1.82) is 0 Å². The maximum Gasteiger partial charge on any atom is 0.320 e. The molecule has 0 heterocycles. The van der Waals surface area contributed by atoms with Crippen LogP contribution < -0.4 is 10.1 Å². The number of carbonyl (C=O) groups excluding carboxylic acids is 1. The lowest BCUT2D eigenvalue weighted by molar-refractivity contribution is -0.395. The van der Waals surface area contributed by atoms with Crippen LogP contribution in [0.25, 0.3) is 10.8 Å². The van der Waals surface area contributed by atoms with Crippen molar-refractivity contribution < 1.29 is 19.4 Å². The van der Waals surface area contributed by atoms with Crippen molar-refractivity contribution in [2.75, 3.05) is 12.4 Å². The zero-order valence-electron chi connectivity index (χ0n) is 14.3. The smallest absolute Gasteiger partial charge is 0.320 e. The number of anilines is 1. The molecule has 0 saturated heterocycles. The van der Waals surface area contributed by atoms with Crippen LogP contribution in [-0.2, 0) is 0 Å². The van der Waals surface area contributed by atoms with Crippen LogP contribution in [0.5, 0.6) is 5.75 Å². The van der Waals surface area contributed by atoms with Crippen molar-refractivity contribution in [2.24, 2.45) is 0 Å². The number of ether oxygens (including phenoxy) is 1. The summed E-state index contributed by atoms with van der Waals surface area (Å²) in [5, 5.41) is 26.7. The van der Waals surface area contributed by atoms with E-state index in [1.54, 1.807) is 36.4 Å². The van der Waals surface area contributed by atoms with Gasteiger partial charge in [-0.15, -0.1) is 0 Å². The second-order valence-corrected chi connectivity index (χ2v) is 6.06. The van der Waals surface area contributed by atoms with E-state index in [1.807, 2.05) is 0 Å². The van der Waals surface area contributed by atoms with Gasteiger partial charge in [-0.05, 0) is 17.5 Å². The number of rotatable bonds is 5. The number of carbonyl (C=O) groups is 1. The Kier molecular flexibility index (Phi) is 5.10. The molecule has 0 aromatic heterocycles. The summed E-state index contributed by atoms with van der Waals surface area (Å²) in [6.07, 6.45) is 0. The molecule has 28 heavy (non-hydrogen) atoms. The molecule has 0 fully saturated rings. The molecule has 0 spiro atoms. The maximum atomic E-state index is 12.7. The highest BCUT2D eigenvalue weighted by atomic mass is 35.5. The summed E-state index contributed by atoms with van der Waals surface area (Å²) >= 11 is 6.14. The number of nitrogens with one attached hydrogen (secondary N) is 1. The SMILES string of the molecule is COc1c([N+](=O)[O-])cc(NC(=O)c2cccc3c(Cl)cccc23)cc1[N+](=O)[O-]. The molecule has 10 heteroatoms. The Balaban J connectivity index is 2.07. The van der Waals surface area contributed by atoms with Gasteiger partial charge in [0.05, 0.1) is 22.6 Å². The standard InChI is InChI=1S/C18H12ClN3O6/c1-28-17-15(21(24)25)8-10(9-16(17)22(26)27)20-18(23)13-6-2-5-12-11(13)4-3-7-14(12)19/h2-9H,1H3,(H,20,23). The molecule has 0 bridgehead atoms. The average molecular weight is 402 g/mol. The first-order valence-electron chi connectivity index (χ1n) is 7.83. The second-order valence-electron chi connectivity index (χ2n) is 5.66. The number of amides is 1. The molecular formula is C18H12ClN3O6. The molecule has 3 aromatic carbocycles. The molecule has 0 radical (unpaired) electrons. The number of halogens is 1. The minimum Gasteiger partial charge on any atom is -0.485 e. The molecule has 3 aromatic rings. The molecule has 3 rings (SSSR count). The molecule has 0 aliphatic carbocycles. The molecule has 0 saturated carbocycles. The predicted molar refractivity (Wildman–Crippen MR) is 103 cm³/mol. The summed E-state index contributed by atoms with van der Waals surface area (Å²) in [6.45, 7) is 0. The van der Waals surface area contributed by atoms with Crippen LogP contribution in [0.1, 0.15) is 10.4 Å². The van der Waals surface area contributed by atoms with E-state index in [1.165, 1.54) is 0 Å². The third-order valence-electron chi connectivity index (χ3n) is 4.02. The second kappa shape index (κ2) is 7.49. The quantitative estimate of drug-likeness (QED) is 0.493. The highest BCUT2D eigenvalue weighted by Crippen LogP contribution is 2.39. The van der Waals surface area contributed by atoms with E-state index >= 15 is 0 Å². The van der Waals surface area contributed by atoms with Crippen molar-refractivity contribution in [2.45, 2.75) is 0 Å². The molecule has 9 nitrogen and oxygen atoms in total. The highest BCUT2D eigenvalue weighted by Gasteiger charge is 2.28. The number of nitro benzene ring substituents is 2. The van der Waals surface area contributed by atoms with Crippen molar-refractivity contribution in [3.8, 4) is 5.75 Å². The molecule has 0 aliphatic rings. The van der Waals surface area contributed by atoms with Crippen LogP contribution in [0, 0.1) is 20.2 Å². The Labute approximate surface area is 162 Å². The zero-order chi connectivity index (χ0) is 20.4.